The van der Waals surface area contributed by atoms with Crippen molar-refractivity contribution >= 4 is 29.2 Å². The third-order valence-electron chi connectivity index (χ3n) is 1.83. The number of esters is 1. The Kier molecular flexibility index (Phi) is 4.45. The van der Waals surface area contributed by atoms with E-state index in [-0.39, 0.29) is 5.56 Å². The summed E-state index contributed by atoms with van der Waals surface area (Å²) in [7, 11) is 0. The molecule has 0 spiro atoms. The minimum Gasteiger partial charge on any atom is -0.443 e. The van der Waals surface area contributed by atoms with E-state index >= 15 is 0 Å². The lowest BCUT2D eigenvalue weighted by Gasteiger charge is -2.25. The van der Waals surface area contributed by atoms with Crippen LogP contribution in [0, 0.1) is 0 Å². The summed E-state index contributed by atoms with van der Waals surface area (Å²) in [6.07, 6.45) is -3.26. The fourth-order valence-electron chi connectivity index (χ4n) is 1.07. The van der Waals surface area contributed by atoms with Gasteiger partial charge >= 0.3 is 16.7 Å². The van der Waals surface area contributed by atoms with E-state index in [1.807, 2.05) is 0 Å². The molecule has 0 amide bonds. The largest absolute Gasteiger partial charge is 0.443 e. The molecule has 0 saturated carbocycles. The molecule has 0 aliphatic carbocycles. The van der Waals surface area contributed by atoms with Gasteiger partial charge in [0.1, 0.15) is 0 Å². The highest BCUT2D eigenvalue weighted by Crippen LogP contribution is 2.39. The van der Waals surface area contributed by atoms with E-state index in [0.29, 0.717) is 0 Å². The van der Waals surface area contributed by atoms with Gasteiger partial charge in [-0.2, -0.15) is 17.6 Å². The van der Waals surface area contributed by atoms with E-state index in [9.17, 15) is 22.4 Å². The molecule has 0 unspecified atom stereocenters. The molecule has 0 aromatic heterocycles. The number of carbonyl (C=O) groups excluding carboxylic acids is 1. The molecule has 0 atom stereocenters. The van der Waals surface area contributed by atoms with E-state index < -0.39 is 22.8 Å². The maximum absolute atomic E-state index is 12.7. The molecule has 0 fully saturated rings. The molecule has 1 rings (SSSR count). The van der Waals surface area contributed by atoms with Crippen molar-refractivity contribution in [1.82, 2.24) is 0 Å². The van der Waals surface area contributed by atoms with Crippen LogP contribution in [-0.2, 0) is 4.74 Å². The third-order valence-corrected chi connectivity index (χ3v) is 2.23. The van der Waals surface area contributed by atoms with Crippen LogP contribution in [0.25, 0.3) is 0 Å². The summed E-state index contributed by atoms with van der Waals surface area (Å²) in [4.78, 5) is 11.3. The van der Waals surface area contributed by atoms with Gasteiger partial charge in [-0.15, -0.1) is 0 Å². The lowest BCUT2D eigenvalue weighted by atomic mass is 10.2. The van der Waals surface area contributed by atoms with Gasteiger partial charge in [-0.05, 0) is 35.3 Å². The van der Waals surface area contributed by atoms with Crippen LogP contribution in [0.1, 0.15) is 10.4 Å². The normalized spacial score (nSPS) is 12.6. The van der Waals surface area contributed by atoms with E-state index in [4.69, 9.17) is 0 Å². The summed E-state index contributed by atoms with van der Waals surface area (Å²) in [6.45, 7) is 0. The second kappa shape index (κ2) is 5.32. The highest BCUT2D eigenvalue weighted by atomic mass is 35.5. The topological polar surface area (TPSA) is 26.3 Å². The van der Waals surface area contributed by atoms with Crippen molar-refractivity contribution in [2.75, 3.05) is 0 Å². The van der Waals surface area contributed by atoms with Gasteiger partial charge in [-0.1, -0.05) is 18.2 Å². The average Bonchev–Trinajstić information content (AvgIpc) is 2.23. The van der Waals surface area contributed by atoms with E-state index in [1.165, 1.54) is 24.3 Å². The second-order valence-corrected chi connectivity index (χ2v) is 4.24. The van der Waals surface area contributed by atoms with E-state index in [2.05, 4.69) is 27.9 Å². The summed E-state index contributed by atoms with van der Waals surface area (Å²) in [5, 5.41) is -8.98. The molecule has 0 aliphatic heterocycles. The van der Waals surface area contributed by atoms with Crippen molar-refractivity contribution < 1.29 is 27.1 Å². The molecule has 0 aliphatic rings. The van der Waals surface area contributed by atoms with Gasteiger partial charge in [-0.25, -0.2) is 4.79 Å². The number of alkyl halides is 6. The number of ether oxygens (including phenoxy) is 1. The van der Waals surface area contributed by atoms with Gasteiger partial charge in [0, 0.05) is 0 Å². The van der Waals surface area contributed by atoms with Crippen molar-refractivity contribution in [2.45, 2.75) is 16.9 Å². The van der Waals surface area contributed by atoms with Crippen LogP contribution in [-0.4, -0.2) is 22.8 Å². The first-order valence-corrected chi connectivity index (χ1v) is 5.27. The van der Waals surface area contributed by atoms with Gasteiger partial charge in [0.2, 0.25) is 0 Å². The smallest absolute Gasteiger partial charge is 0.365 e. The molecule has 0 radical (unpaired) electrons. The zero-order valence-electron chi connectivity index (χ0n) is 8.55. The second-order valence-electron chi connectivity index (χ2n) is 3.23. The molecule has 100 valence electrons. The predicted octanol–water partition coefficient (Wildman–Crippen LogP) is 3.88. The van der Waals surface area contributed by atoms with E-state index in [1.54, 1.807) is 6.07 Å². The Labute approximate surface area is 109 Å². The quantitative estimate of drug-likeness (QED) is 0.479. The number of rotatable bonds is 4. The minimum atomic E-state index is -4.49. The fraction of sp³-hybridized carbons (Fsp3) is 0.300. The molecule has 18 heavy (non-hydrogen) atoms. The van der Waals surface area contributed by atoms with Crippen molar-refractivity contribution in [3.8, 4) is 0 Å². The van der Waals surface area contributed by atoms with Crippen LogP contribution in [0.3, 0.4) is 0 Å². The highest BCUT2D eigenvalue weighted by molar-refractivity contribution is 6.25. The first-order chi connectivity index (χ1) is 8.12. The maximum atomic E-state index is 12.7. The molecule has 2 nitrogen and oxygen atoms in total. The average molecular weight is 305 g/mol. The molecular weight excluding hydrogens is 299 g/mol. The van der Waals surface area contributed by atoms with Gasteiger partial charge in [-0.3, -0.25) is 0 Å². The number of carbonyl (C=O) groups is 1. The molecule has 0 N–H and O–H groups in total. The Morgan fingerprint density at radius 3 is 1.89 bits per heavy atom. The standard InChI is InChI=1S/C10H6Cl2F4O2/c11-9(13,14)8(10(12,15)16)18-7(17)6-4-2-1-3-5-6/h1-5,8H. The highest BCUT2D eigenvalue weighted by Gasteiger charge is 2.56. The first-order valence-electron chi connectivity index (χ1n) is 4.52. The molecular formula is C10H6Cl2F4O2. The molecule has 0 bridgehead atoms. The Morgan fingerprint density at radius 2 is 1.50 bits per heavy atom. The Hall–Kier alpha value is -1.01. The zero-order chi connectivity index (χ0) is 14.0. The summed E-state index contributed by atoms with van der Waals surface area (Å²) in [5.41, 5.74) is -0.177. The van der Waals surface area contributed by atoms with Crippen LogP contribution in [0.2, 0.25) is 0 Å². The predicted molar refractivity (Wildman–Crippen MR) is 57.2 cm³/mol. The van der Waals surface area contributed by atoms with Gasteiger partial charge in [0.05, 0.1) is 5.56 Å². The third kappa shape index (κ3) is 4.03. The summed E-state index contributed by atoms with van der Waals surface area (Å²) >= 11 is 8.88. The van der Waals surface area contributed by atoms with Gasteiger partial charge in [0.15, 0.2) is 0 Å². The van der Waals surface area contributed by atoms with Crippen LogP contribution in [0.4, 0.5) is 17.6 Å². The summed E-state index contributed by atoms with van der Waals surface area (Å²) in [5.74, 6) is -1.37. The monoisotopic (exact) mass is 304 g/mol. The van der Waals surface area contributed by atoms with Crippen molar-refractivity contribution in [1.29, 1.82) is 0 Å². The minimum absolute atomic E-state index is 0.177. The molecule has 0 saturated heterocycles. The molecule has 1 aromatic rings. The number of hydrogen-bond acceptors (Lipinski definition) is 2. The van der Waals surface area contributed by atoms with Crippen LogP contribution < -0.4 is 0 Å². The number of hydrogen-bond donors (Lipinski definition) is 0. The number of halogens is 6. The summed E-state index contributed by atoms with van der Waals surface area (Å²) in [6, 6.07) is 6.77. The van der Waals surface area contributed by atoms with Crippen molar-refractivity contribution in [3.63, 3.8) is 0 Å². The Bertz CT molecular complexity index is 400. The van der Waals surface area contributed by atoms with E-state index in [0.717, 1.165) is 0 Å². The summed E-state index contributed by atoms with van der Waals surface area (Å²) < 4.78 is 54.7. The maximum Gasteiger partial charge on any atom is 0.365 e. The lowest BCUT2D eigenvalue weighted by molar-refractivity contribution is -0.141. The van der Waals surface area contributed by atoms with Crippen LogP contribution in [0.15, 0.2) is 30.3 Å². The van der Waals surface area contributed by atoms with Crippen molar-refractivity contribution in [2.24, 2.45) is 0 Å². The SMILES string of the molecule is O=C(OC(C(F)(F)Cl)C(F)(F)Cl)c1ccccc1. The molecule has 0 heterocycles. The van der Waals surface area contributed by atoms with Crippen LogP contribution in [0.5, 0.6) is 0 Å². The fourth-order valence-corrected chi connectivity index (χ4v) is 1.49. The van der Waals surface area contributed by atoms with Gasteiger partial charge < -0.3 is 4.74 Å². The van der Waals surface area contributed by atoms with Gasteiger partial charge in [0.25, 0.3) is 6.10 Å². The lowest BCUT2D eigenvalue weighted by Crippen LogP contribution is -2.44. The zero-order valence-corrected chi connectivity index (χ0v) is 10.1. The Balaban J connectivity index is 2.90. The van der Waals surface area contributed by atoms with Crippen molar-refractivity contribution in [3.05, 3.63) is 35.9 Å². The van der Waals surface area contributed by atoms with Crippen LogP contribution >= 0.6 is 23.2 Å². The first kappa shape index (κ1) is 15.0. The molecule has 1 aromatic carbocycles. The Morgan fingerprint density at radius 1 is 1.06 bits per heavy atom. The molecule has 8 heteroatoms. The number of benzene rings is 1.